The molecule has 0 bridgehead atoms. The first-order valence-corrected chi connectivity index (χ1v) is 14.6. The first-order valence-electron chi connectivity index (χ1n) is 14.6. The lowest BCUT2D eigenvalue weighted by atomic mass is 10.0. The topological polar surface area (TPSA) is 37.8 Å². The third kappa shape index (κ3) is 6.18. The van der Waals surface area contributed by atoms with Gasteiger partial charge in [-0.25, -0.2) is 0 Å². The van der Waals surface area contributed by atoms with Crippen LogP contribution in [0, 0.1) is 0 Å². The van der Waals surface area contributed by atoms with E-state index < -0.39 is 0 Å². The van der Waals surface area contributed by atoms with Gasteiger partial charge in [0.15, 0.2) is 0 Å². The third-order valence-corrected chi connectivity index (χ3v) is 7.48. The van der Waals surface area contributed by atoms with E-state index in [9.17, 15) is 0 Å². The van der Waals surface area contributed by atoms with Crippen molar-refractivity contribution in [2.45, 2.75) is 0 Å². The molecule has 1 aliphatic heterocycles. The zero-order valence-corrected chi connectivity index (χ0v) is 24.4. The van der Waals surface area contributed by atoms with Crippen LogP contribution in [-0.4, -0.2) is 23.6 Å². The molecule has 6 aromatic rings. The van der Waals surface area contributed by atoms with Crippen molar-refractivity contribution < 1.29 is 9.47 Å². The van der Waals surface area contributed by atoms with Crippen LogP contribution in [0.4, 0.5) is 5.69 Å². The summed E-state index contributed by atoms with van der Waals surface area (Å²) in [4.78, 5) is 9.05. The van der Waals surface area contributed by atoms with Gasteiger partial charge < -0.3 is 19.3 Å². The lowest BCUT2D eigenvalue weighted by Gasteiger charge is -2.20. The van der Waals surface area contributed by atoms with Gasteiger partial charge in [0.1, 0.15) is 23.0 Å². The van der Waals surface area contributed by atoms with Crippen LogP contribution in [0.2, 0.25) is 0 Å². The van der Waals surface area contributed by atoms with Crippen molar-refractivity contribution in [1.29, 1.82) is 0 Å². The van der Waals surface area contributed by atoms with E-state index in [1.54, 1.807) is 0 Å². The van der Waals surface area contributed by atoms with Crippen LogP contribution >= 0.6 is 0 Å². The number of nitrogens with zero attached hydrogens (tertiary/aromatic N) is 3. The zero-order chi connectivity index (χ0) is 29.7. The minimum absolute atomic E-state index is 0.748. The first-order chi connectivity index (χ1) is 21.7. The molecule has 0 atom stereocenters. The summed E-state index contributed by atoms with van der Waals surface area (Å²) >= 11 is 0. The van der Waals surface area contributed by atoms with Crippen LogP contribution in [0.5, 0.6) is 23.0 Å². The molecule has 0 spiro atoms. The maximum Gasteiger partial charge on any atom is 0.130 e. The minimum atomic E-state index is 0.748. The van der Waals surface area contributed by atoms with Gasteiger partial charge in [-0.05, 0) is 82.9 Å². The van der Waals surface area contributed by atoms with Crippen molar-refractivity contribution >= 4 is 5.69 Å². The van der Waals surface area contributed by atoms with E-state index in [4.69, 9.17) is 14.5 Å². The molecule has 0 radical (unpaired) electrons. The Bertz CT molecular complexity index is 1920. The molecule has 0 amide bonds. The van der Waals surface area contributed by atoms with Gasteiger partial charge in [0.05, 0.1) is 12.4 Å². The smallest absolute Gasteiger partial charge is 0.130 e. The highest BCUT2D eigenvalue weighted by molar-refractivity contribution is 5.73. The molecule has 0 unspecified atom stereocenters. The molecule has 0 N–H and O–H groups in total. The molecule has 214 valence electrons. The summed E-state index contributed by atoms with van der Waals surface area (Å²) < 4.78 is 12.6. The Morgan fingerprint density at radius 2 is 1.11 bits per heavy atom. The molecular weight excluding hydrogens is 542 g/mol. The molecule has 0 saturated heterocycles. The summed E-state index contributed by atoms with van der Waals surface area (Å²) in [5.74, 6) is 3.12. The highest BCUT2D eigenvalue weighted by Crippen LogP contribution is 2.35. The summed E-state index contributed by atoms with van der Waals surface area (Å²) in [6.45, 7) is 0.788. The second kappa shape index (κ2) is 12.2. The molecule has 0 fully saturated rings. The lowest BCUT2D eigenvalue weighted by molar-refractivity contribution is 0.481. The lowest BCUT2D eigenvalue weighted by Crippen LogP contribution is -2.21. The molecule has 44 heavy (non-hydrogen) atoms. The van der Waals surface area contributed by atoms with Crippen molar-refractivity contribution in [3.8, 4) is 56.5 Å². The van der Waals surface area contributed by atoms with E-state index in [0.717, 1.165) is 68.9 Å². The first kappa shape index (κ1) is 27.0. The maximum absolute atomic E-state index is 6.51. The predicted octanol–water partition coefficient (Wildman–Crippen LogP) is 9.85. The van der Waals surface area contributed by atoms with Crippen LogP contribution in [0.1, 0.15) is 0 Å². The number of para-hydroxylation sites is 1. The molecular formula is C39H31N3O2. The Hall–Kier alpha value is -5.81. The normalized spacial score (nSPS) is 12.4. The summed E-state index contributed by atoms with van der Waals surface area (Å²) in [6.07, 6.45) is 6.02. The molecule has 1 aliphatic rings. The summed E-state index contributed by atoms with van der Waals surface area (Å²) in [7, 11) is 2.07. The SMILES string of the molecule is CN1C=CN(c2cc(Oc3cccc(-c4cc(-c5cccc(Oc6ccccc6)c5)ccn4)c3)cc(-c3ccccc3)c2)C1. The second-order valence-corrected chi connectivity index (χ2v) is 10.8. The van der Waals surface area contributed by atoms with Crippen molar-refractivity contribution in [3.63, 3.8) is 0 Å². The number of anilines is 1. The van der Waals surface area contributed by atoms with Gasteiger partial charge in [0.25, 0.3) is 0 Å². The van der Waals surface area contributed by atoms with Gasteiger partial charge in [-0.1, -0.05) is 72.8 Å². The van der Waals surface area contributed by atoms with Gasteiger partial charge in [-0.3, -0.25) is 4.98 Å². The second-order valence-electron chi connectivity index (χ2n) is 10.8. The van der Waals surface area contributed by atoms with Crippen LogP contribution in [0.25, 0.3) is 33.5 Å². The number of benzene rings is 5. The fourth-order valence-electron chi connectivity index (χ4n) is 5.29. The monoisotopic (exact) mass is 573 g/mol. The van der Waals surface area contributed by atoms with Crippen LogP contribution < -0.4 is 14.4 Å². The van der Waals surface area contributed by atoms with E-state index >= 15 is 0 Å². The van der Waals surface area contributed by atoms with E-state index in [2.05, 4.69) is 96.0 Å². The van der Waals surface area contributed by atoms with Gasteiger partial charge in [0, 0.05) is 43.0 Å². The van der Waals surface area contributed by atoms with E-state index in [0.29, 0.717) is 0 Å². The van der Waals surface area contributed by atoms with E-state index in [-0.39, 0.29) is 0 Å². The number of pyridine rings is 1. The van der Waals surface area contributed by atoms with E-state index in [1.165, 1.54) is 0 Å². The molecule has 1 aromatic heterocycles. The van der Waals surface area contributed by atoms with Gasteiger partial charge in [-0.15, -0.1) is 0 Å². The molecule has 5 heteroatoms. The highest BCUT2D eigenvalue weighted by atomic mass is 16.5. The number of aromatic nitrogens is 1. The Kier molecular flexibility index (Phi) is 7.50. The zero-order valence-electron chi connectivity index (χ0n) is 24.4. The Morgan fingerprint density at radius 3 is 1.86 bits per heavy atom. The Labute approximate surface area is 257 Å². The Morgan fingerprint density at radius 1 is 0.500 bits per heavy atom. The van der Waals surface area contributed by atoms with Crippen molar-refractivity contribution in [2.75, 3.05) is 18.6 Å². The van der Waals surface area contributed by atoms with Crippen LogP contribution in [0.15, 0.2) is 158 Å². The predicted molar refractivity (Wildman–Crippen MR) is 178 cm³/mol. The third-order valence-electron chi connectivity index (χ3n) is 7.48. The van der Waals surface area contributed by atoms with Gasteiger partial charge in [0.2, 0.25) is 0 Å². The quantitative estimate of drug-likeness (QED) is 0.181. The molecule has 0 saturated carbocycles. The fraction of sp³-hybridized carbons (Fsp3) is 0.0513. The maximum atomic E-state index is 6.51. The molecule has 5 aromatic carbocycles. The number of hydrogen-bond donors (Lipinski definition) is 0. The van der Waals surface area contributed by atoms with Crippen molar-refractivity contribution in [3.05, 3.63) is 158 Å². The fourth-order valence-corrected chi connectivity index (χ4v) is 5.29. The largest absolute Gasteiger partial charge is 0.457 e. The highest BCUT2D eigenvalue weighted by Gasteiger charge is 2.15. The average Bonchev–Trinajstić information content (AvgIpc) is 3.52. The van der Waals surface area contributed by atoms with Gasteiger partial charge >= 0.3 is 0 Å². The summed E-state index contributed by atoms with van der Waals surface area (Å²) in [5, 5.41) is 0. The number of ether oxygens (including phenoxy) is 2. The van der Waals surface area contributed by atoms with Crippen LogP contribution in [-0.2, 0) is 0 Å². The van der Waals surface area contributed by atoms with Crippen molar-refractivity contribution in [1.82, 2.24) is 9.88 Å². The molecule has 0 aliphatic carbocycles. The standard InChI is InChI=1S/C39H31N3O2/c1-41-20-21-42(28-41)34-22-33(29-10-4-2-5-11-29)25-38(27-34)44-37-17-9-13-32(24-37)39-26-31(18-19-40-39)30-12-8-16-36(23-30)43-35-14-6-3-7-15-35/h2-27H,28H2,1H3. The van der Waals surface area contributed by atoms with Crippen molar-refractivity contribution in [2.24, 2.45) is 0 Å². The summed E-state index contributed by atoms with van der Waals surface area (Å²) in [5.41, 5.74) is 7.28. The van der Waals surface area contributed by atoms with E-state index in [1.807, 2.05) is 79.0 Å². The molecule has 5 nitrogen and oxygen atoms in total. The average molecular weight is 574 g/mol. The molecule has 2 heterocycles. The number of rotatable bonds is 8. The Balaban J connectivity index is 1.16. The van der Waals surface area contributed by atoms with Crippen LogP contribution in [0.3, 0.4) is 0 Å². The minimum Gasteiger partial charge on any atom is -0.457 e. The number of hydrogen-bond acceptors (Lipinski definition) is 5. The van der Waals surface area contributed by atoms with Gasteiger partial charge in [-0.2, -0.15) is 0 Å². The summed E-state index contributed by atoms with van der Waals surface area (Å²) in [6, 6.07) is 46.9. The molecule has 7 rings (SSSR count).